The first kappa shape index (κ1) is 33.9. The average Bonchev–Trinajstić information content (AvgIpc) is 2.59. The van der Waals surface area contributed by atoms with Crippen molar-refractivity contribution in [1.29, 1.82) is 0 Å². The molecule has 0 saturated carbocycles. The van der Waals surface area contributed by atoms with Gasteiger partial charge in [0.2, 0.25) is 0 Å². The van der Waals surface area contributed by atoms with Crippen LogP contribution < -0.4 is 0 Å². The maximum Gasteiger partial charge on any atom is 0.192 e. The molecule has 0 aromatic heterocycles. The summed E-state index contributed by atoms with van der Waals surface area (Å²) in [6.45, 7) is 36.4. The molecule has 0 aromatic rings. The molecule has 0 unspecified atom stereocenters. The van der Waals surface area contributed by atoms with E-state index in [0.29, 0.717) is 0 Å². The Labute approximate surface area is 216 Å². The maximum atomic E-state index is 11.0. The Kier molecular flexibility index (Phi) is 12.4. The fourth-order valence-corrected chi connectivity index (χ4v) is 7.75. The van der Waals surface area contributed by atoms with Gasteiger partial charge in [-0.1, -0.05) is 61.5 Å². The average molecular weight is 531 g/mol. The molecule has 0 aliphatic heterocycles. The lowest BCUT2D eigenvalue weighted by atomic mass is 9.87. The van der Waals surface area contributed by atoms with Gasteiger partial charge in [-0.15, -0.1) is 0 Å². The van der Waals surface area contributed by atoms with Gasteiger partial charge >= 0.3 is 0 Å². The molecule has 0 amide bonds. The summed E-state index contributed by atoms with van der Waals surface area (Å²) in [5.41, 5.74) is 0. The number of rotatable bonds is 13. The van der Waals surface area contributed by atoms with Gasteiger partial charge in [-0.3, -0.25) is 4.79 Å². The van der Waals surface area contributed by atoms with Gasteiger partial charge in [0.05, 0.1) is 12.2 Å². The molecule has 0 rings (SSSR count). The molecule has 0 aliphatic rings. The Balaban J connectivity index is 6.19. The molecule has 0 aromatic carbocycles. The van der Waals surface area contributed by atoms with E-state index in [1.165, 1.54) is 0 Å². The SMILES string of the molecule is C[C@H]([C@@H](O[Si](C)(C)C)[C@@H](C)/C=C\C=O)[C@H](C[C@@H](C)O[Si](C)(C)C(C)(C)C)O[Si](C)(C)C(C)(C)C. The highest BCUT2D eigenvalue weighted by Gasteiger charge is 2.44. The van der Waals surface area contributed by atoms with Crippen LogP contribution in [-0.4, -0.2) is 49.6 Å². The Morgan fingerprint density at radius 1 is 0.735 bits per heavy atom. The summed E-state index contributed by atoms with van der Waals surface area (Å²) in [6, 6.07) is 0. The van der Waals surface area contributed by atoms with Gasteiger partial charge in [-0.05, 0) is 81.2 Å². The van der Waals surface area contributed by atoms with E-state index in [0.717, 1.165) is 12.7 Å². The molecule has 0 radical (unpaired) electrons. The van der Waals surface area contributed by atoms with Crippen LogP contribution in [0.2, 0.25) is 55.9 Å². The summed E-state index contributed by atoms with van der Waals surface area (Å²) < 4.78 is 20.6. The van der Waals surface area contributed by atoms with Gasteiger partial charge in [0.1, 0.15) is 6.29 Å². The van der Waals surface area contributed by atoms with E-state index < -0.39 is 25.0 Å². The molecule has 5 atom stereocenters. The largest absolute Gasteiger partial charge is 0.414 e. The molecular weight excluding hydrogens is 473 g/mol. The predicted molar refractivity (Wildman–Crippen MR) is 156 cm³/mol. The minimum Gasteiger partial charge on any atom is -0.414 e. The molecule has 0 N–H and O–H groups in total. The second kappa shape index (κ2) is 12.5. The van der Waals surface area contributed by atoms with Crippen molar-refractivity contribution in [1.82, 2.24) is 0 Å². The van der Waals surface area contributed by atoms with Crippen LogP contribution in [0.4, 0.5) is 0 Å². The molecule has 202 valence electrons. The van der Waals surface area contributed by atoms with Gasteiger partial charge in [-0.25, -0.2) is 0 Å². The van der Waals surface area contributed by atoms with Gasteiger partial charge < -0.3 is 13.3 Å². The molecule has 34 heavy (non-hydrogen) atoms. The highest BCUT2D eigenvalue weighted by Crippen LogP contribution is 2.41. The third-order valence-electron chi connectivity index (χ3n) is 7.72. The minimum atomic E-state index is -2.02. The summed E-state index contributed by atoms with van der Waals surface area (Å²) >= 11 is 0. The standard InChI is InChI=1S/C27H58O4Si3/c1-21(18-17-19-28)25(31-32(10,11)12)23(3)24(30-34(15,16)27(7,8)9)20-22(2)29-33(13,14)26(4,5)6/h17-19,21-25H,20H2,1-16H3/b18-17-/t21-,22+,23-,24-,25-/m0/s1. The first-order valence-electron chi connectivity index (χ1n) is 13.1. The Morgan fingerprint density at radius 2 is 1.18 bits per heavy atom. The van der Waals surface area contributed by atoms with Crippen molar-refractivity contribution in [3.8, 4) is 0 Å². The highest BCUT2D eigenvalue weighted by molar-refractivity contribution is 6.74. The second-order valence-electron chi connectivity index (χ2n) is 14.3. The normalized spacial score (nSPS) is 19.1. The molecule has 0 aliphatic carbocycles. The summed E-state index contributed by atoms with van der Waals surface area (Å²) in [4.78, 5) is 11.0. The summed E-state index contributed by atoms with van der Waals surface area (Å²) in [7, 11) is -5.73. The Bertz CT molecular complexity index is 654. The fraction of sp³-hybridized carbons (Fsp3) is 0.889. The molecule has 0 saturated heterocycles. The van der Waals surface area contributed by atoms with E-state index in [2.05, 4.69) is 108 Å². The van der Waals surface area contributed by atoms with Crippen LogP contribution in [0, 0.1) is 11.8 Å². The molecule has 4 nitrogen and oxygen atoms in total. The summed E-state index contributed by atoms with van der Waals surface area (Å²) in [6.07, 6.45) is 5.39. The molecule has 0 bridgehead atoms. The predicted octanol–water partition coefficient (Wildman–Crippen LogP) is 8.42. The zero-order chi connectivity index (χ0) is 27.3. The topological polar surface area (TPSA) is 44.8 Å². The van der Waals surface area contributed by atoms with Gasteiger partial charge in [0.25, 0.3) is 0 Å². The molecule has 0 spiro atoms. The van der Waals surface area contributed by atoms with Crippen molar-refractivity contribution in [3.63, 3.8) is 0 Å². The van der Waals surface area contributed by atoms with E-state index in [4.69, 9.17) is 13.3 Å². The van der Waals surface area contributed by atoms with Crippen LogP contribution in [0.3, 0.4) is 0 Å². The monoisotopic (exact) mass is 530 g/mol. The maximum absolute atomic E-state index is 11.0. The van der Waals surface area contributed by atoms with Gasteiger partial charge in [0.15, 0.2) is 25.0 Å². The number of hydrogen-bond acceptors (Lipinski definition) is 4. The number of aldehydes is 1. The highest BCUT2D eigenvalue weighted by atomic mass is 28.4. The lowest BCUT2D eigenvalue weighted by molar-refractivity contribution is -0.104. The zero-order valence-electron chi connectivity index (χ0n) is 25.5. The number of allylic oxidation sites excluding steroid dienone is 1. The molecule has 7 heteroatoms. The lowest BCUT2D eigenvalue weighted by Gasteiger charge is -2.45. The first-order valence-corrected chi connectivity index (χ1v) is 22.3. The number of carbonyl (C=O) groups excluding carboxylic acids is 1. The van der Waals surface area contributed by atoms with Crippen LogP contribution in [0.1, 0.15) is 68.7 Å². The quantitative estimate of drug-likeness (QED) is 0.136. The summed E-state index contributed by atoms with van der Waals surface area (Å²) in [5, 5.41) is 0.285. The lowest BCUT2D eigenvalue weighted by Crippen LogP contribution is -2.51. The molecule has 0 fully saturated rings. The van der Waals surface area contributed by atoms with E-state index in [9.17, 15) is 4.79 Å². The van der Waals surface area contributed by atoms with Crippen LogP contribution in [0.25, 0.3) is 0 Å². The Hall–Kier alpha value is -0.0594. The number of carbonyl (C=O) groups is 1. The number of hydrogen-bond donors (Lipinski definition) is 0. The van der Waals surface area contributed by atoms with Gasteiger partial charge in [0, 0.05) is 12.0 Å². The van der Waals surface area contributed by atoms with Crippen LogP contribution in [-0.2, 0) is 18.1 Å². The Morgan fingerprint density at radius 3 is 1.56 bits per heavy atom. The summed E-state index contributed by atoms with van der Waals surface area (Å²) in [5.74, 6) is 0.284. The smallest absolute Gasteiger partial charge is 0.192 e. The van der Waals surface area contributed by atoms with E-state index in [-0.39, 0.29) is 40.2 Å². The van der Waals surface area contributed by atoms with Crippen molar-refractivity contribution in [3.05, 3.63) is 12.2 Å². The van der Waals surface area contributed by atoms with Crippen molar-refractivity contribution < 1.29 is 18.1 Å². The van der Waals surface area contributed by atoms with Crippen LogP contribution in [0.5, 0.6) is 0 Å². The fourth-order valence-electron chi connectivity index (χ4n) is 3.62. The van der Waals surface area contributed by atoms with Crippen molar-refractivity contribution in [2.45, 2.75) is 143 Å². The van der Waals surface area contributed by atoms with Crippen molar-refractivity contribution in [2.24, 2.45) is 11.8 Å². The van der Waals surface area contributed by atoms with E-state index >= 15 is 0 Å². The van der Waals surface area contributed by atoms with E-state index in [1.54, 1.807) is 6.08 Å². The third-order valence-corrected chi connectivity index (χ3v) is 17.8. The van der Waals surface area contributed by atoms with Crippen LogP contribution in [0.15, 0.2) is 12.2 Å². The zero-order valence-corrected chi connectivity index (χ0v) is 28.5. The second-order valence-corrected chi connectivity index (χ2v) is 28.2. The van der Waals surface area contributed by atoms with Crippen molar-refractivity contribution in [2.75, 3.05) is 0 Å². The van der Waals surface area contributed by atoms with E-state index in [1.807, 2.05) is 6.08 Å². The van der Waals surface area contributed by atoms with Crippen molar-refractivity contribution >= 4 is 31.2 Å². The minimum absolute atomic E-state index is 0.0160. The molecular formula is C27H58O4Si3. The first-order chi connectivity index (χ1) is 14.9. The van der Waals surface area contributed by atoms with Crippen LogP contribution >= 0.6 is 0 Å². The molecule has 0 heterocycles. The third kappa shape index (κ3) is 10.9. The van der Waals surface area contributed by atoms with Gasteiger partial charge in [-0.2, -0.15) is 0 Å².